The van der Waals surface area contributed by atoms with Crippen LogP contribution in [0.15, 0.2) is 30.9 Å². The molecule has 0 amide bonds. The summed E-state index contributed by atoms with van der Waals surface area (Å²) in [6.07, 6.45) is 2.37. The number of hydrogen-bond donors (Lipinski definition) is 0. The Kier molecular flexibility index (Phi) is 3.53. The van der Waals surface area contributed by atoms with Crippen LogP contribution in [0.1, 0.15) is 10.4 Å². The van der Waals surface area contributed by atoms with E-state index in [1.54, 1.807) is 24.3 Å². The van der Waals surface area contributed by atoms with Crippen molar-refractivity contribution in [3.63, 3.8) is 0 Å². The average molecular weight is 197 g/mol. The summed E-state index contributed by atoms with van der Waals surface area (Å²) in [6, 6.07) is 4.87. The lowest BCUT2D eigenvalue weighted by Crippen LogP contribution is -1.93. The van der Waals surface area contributed by atoms with Gasteiger partial charge in [-0.05, 0) is 18.2 Å². The first-order valence-electron chi connectivity index (χ1n) is 3.76. The Morgan fingerprint density at radius 1 is 1.54 bits per heavy atom. The lowest BCUT2D eigenvalue weighted by atomic mass is 10.2. The van der Waals surface area contributed by atoms with E-state index in [1.807, 2.05) is 0 Å². The summed E-state index contributed by atoms with van der Waals surface area (Å²) in [5.74, 6) is 0.562. The Morgan fingerprint density at radius 3 is 2.85 bits per heavy atom. The maximum atomic E-state index is 10.4. The van der Waals surface area contributed by atoms with Crippen LogP contribution in [0.2, 0.25) is 5.02 Å². The Balaban J connectivity index is 2.84. The van der Waals surface area contributed by atoms with Crippen molar-refractivity contribution in [2.24, 2.45) is 0 Å². The second kappa shape index (κ2) is 4.67. The largest absolute Gasteiger partial charge is 0.488 e. The third-order valence-corrected chi connectivity index (χ3v) is 1.74. The number of ether oxygens (including phenoxy) is 1. The molecule has 13 heavy (non-hydrogen) atoms. The molecule has 0 fully saturated rings. The molecule has 0 atom stereocenters. The van der Waals surface area contributed by atoms with Gasteiger partial charge in [0.2, 0.25) is 0 Å². The fraction of sp³-hybridized carbons (Fsp3) is 0.100. The normalized spacial score (nSPS) is 9.31. The third kappa shape index (κ3) is 2.60. The highest BCUT2D eigenvalue weighted by atomic mass is 35.5. The molecule has 0 aliphatic carbocycles. The topological polar surface area (TPSA) is 26.3 Å². The molecule has 0 aliphatic rings. The van der Waals surface area contributed by atoms with Crippen LogP contribution in [0.25, 0.3) is 0 Å². The summed E-state index contributed by atoms with van der Waals surface area (Å²) in [5, 5.41) is 0.437. The minimum absolute atomic E-state index is 0.403. The summed E-state index contributed by atoms with van der Waals surface area (Å²) in [6.45, 7) is 3.92. The van der Waals surface area contributed by atoms with Crippen molar-refractivity contribution in [2.75, 3.05) is 6.61 Å². The average Bonchev–Trinajstić information content (AvgIpc) is 2.16. The van der Waals surface area contributed by atoms with Crippen LogP contribution in [-0.2, 0) is 0 Å². The minimum atomic E-state index is 0.403. The van der Waals surface area contributed by atoms with E-state index in [2.05, 4.69) is 6.58 Å². The van der Waals surface area contributed by atoms with E-state index in [0.717, 1.165) is 6.29 Å². The molecule has 0 N–H and O–H groups in total. The van der Waals surface area contributed by atoms with Gasteiger partial charge in [-0.1, -0.05) is 24.3 Å². The third-order valence-electron chi connectivity index (χ3n) is 1.45. The Bertz CT molecular complexity index is 321. The number of halogens is 1. The van der Waals surface area contributed by atoms with Crippen LogP contribution < -0.4 is 4.74 Å². The molecule has 0 spiro atoms. The van der Waals surface area contributed by atoms with Gasteiger partial charge in [-0.3, -0.25) is 4.79 Å². The molecule has 0 saturated heterocycles. The molecule has 1 aromatic carbocycles. The summed E-state index contributed by atoms with van der Waals surface area (Å²) in [4.78, 5) is 10.4. The molecule has 0 unspecified atom stereocenters. The highest BCUT2D eigenvalue weighted by molar-refractivity contribution is 6.32. The van der Waals surface area contributed by atoms with Gasteiger partial charge in [-0.2, -0.15) is 0 Å². The first-order valence-corrected chi connectivity index (χ1v) is 4.14. The summed E-state index contributed by atoms with van der Waals surface area (Å²) < 4.78 is 5.22. The fourth-order valence-electron chi connectivity index (χ4n) is 0.856. The molecule has 0 saturated carbocycles. The Hall–Kier alpha value is -1.28. The first-order chi connectivity index (χ1) is 6.27. The van der Waals surface area contributed by atoms with E-state index >= 15 is 0 Å². The fourth-order valence-corrected chi connectivity index (χ4v) is 1.10. The lowest BCUT2D eigenvalue weighted by Gasteiger charge is -2.04. The van der Waals surface area contributed by atoms with Crippen LogP contribution in [0.5, 0.6) is 5.75 Å². The number of rotatable bonds is 4. The second-order valence-electron chi connectivity index (χ2n) is 2.41. The van der Waals surface area contributed by atoms with Crippen molar-refractivity contribution in [1.82, 2.24) is 0 Å². The van der Waals surface area contributed by atoms with Crippen LogP contribution in [-0.4, -0.2) is 12.9 Å². The number of aldehydes is 1. The Morgan fingerprint density at radius 2 is 2.31 bits per heavy atom. The van der Waals surface area contributed by atoms with Gasteiger partial charge in [0.25, 0.3) is 0 Å². The Labute approximate surface area is 81.8 Å². The zero-order valence-corrected chi connectivity index (χ0v) is 7.75. The lowest BCUT2D eigenvalue weighted by molar-refractivity contribution is 0.112. The standard InChI is InChI=1S/C10H9ClO2/c1-2-5-13-10-4-3-8(7-12)6-9(10)11/h2-4,6-7H,1,5H2. The molecule has 1 rings (SSSR count). The molecule has 0 aromatic heterocycles. The molecule has 0 radical (unpaired) electrons. The van der Waals surface area contributed by atoms with E-state index in [0.29, 0.717) is 22.9 Å². The maximum Gasteiger partial charge on any atom is 0.150 e. The monoisotopic (exact) mass is 196 g/mol. The van der Waals surface area contributed by atoms with E-state index < -0.39 is 0 Å². The van der Waals surface area contributed by atoms with Crippen LogP contribution in [0.4, 0.5) is 0 Å². The SMILES string of the molecule is C=CCOc1ccc(C=O)cc1Cl. The molecule has 0 aliphatic heterocycles. The molecule has 3 heteroatoms. The smallest absolute Gasteiger partial charge is 0.150 e. The van der Waals surface area contributed by atoms with E-state index in [4.69, 9.17) is 16.3 Å². The summed E-state index contributed by atoms with van der Waals surface area (Å²) >= 11 is 5.83. The van der Waals surface area contributed by atoms with Crippen LogP contribution >= 0.6 is 11.6 Å². The predicted octanol–water partition coefficient (Wildman–Crippen LogP) is 2.72. The summed E-state index contributed by atoms with van der Waals surface area (Å²) in [5.41, 5.74) is 0.538. The minimum Gasteiger partial charge on any atom is -0.488 e. The zero-order chi connectivity index (χ0) is 9.68. The molecular formula is C10H9ClO2. The number of benzene rings is 1. The van der Waals surface area contributed by atoms with Gasteiger partial charge in [0.1, 0.15) is 18.6 Å². The van der Waals surface area contributed by atoms with Crippen LogP contribution in [0.3, 0.4) is 0 Å². The van der Waals surface area contributed by atoms with Gasteiger partial charge in [0, 0.05) is 5.56 Å². The number of hydrogen-bond acceptors (Lipinski definition) is 2. The maximum absolute atomic E-state index is 10.4. The van der Waals surface area contributed by atoms with Crippen molar-refractivity contribution >= 4 is 17.9 Å². The van der Waals surface area contributed by atoms with Crippen LogP contribution in [0, 0.1) is 0 Å². The molecule has 0 bridgehead atoms. The first kappa shape index (κ1) is 9.81. The van der Waals surface area contributed by atoms with Gasteiger partial charge in [0.05, 0.1) is 5.02 Å². The predicted molar refractivity (Wildman–Crippen MR) is 52.5 cm³/mol. The van der Waals surface area contributed by atoms with Crippen molar-refractivity contribution in [1.29, 1.82) is 0 Å². The van der Waals surface area contributed by atoms with Gasteiger partial charge in [-0.15, -0.1) is 0 Å². The number of carbonyl (C=O) groups excluding carboxylic acids is 1. The highest BCUT2D eigenvalue weighted by Crippen LogP contribution is 2.24. The van der Waals surface area contributed by atoms with E-state index in [9.17, 15) is 4.79 Å². The molecule has 68 valence electrons. The van der Waals surface area contributed by atoms with E-state index in [1.165, 1.54) is 0 Å². The van der Waals surface area contributed by atoms with Gasteiger partial charge in [-0.25, -0.2) is 0 Å². The van der Waals surface area contributed by atoms with Crippen molar-refractivity contribution in [3.05, 3.63) is 41.4 Å². The highest BCUT2D eigenvalue weighted by Gasteiger charge is 2.01. The zero-order valence-electron chi connectivity index (χ0n) is 7.00. The quantitative estimate of drug-likeness (QED) is 0.547. The molecule has 2 nitrogen and oxygen atoms in total. The van der Waals surface area contributed by atoms with Crippen molar-refractivity contribution in [3.8, 4) is 5.75 Å². The van der Waals surface area contributed by atoms with Crippen molar-refractivity contribution in [2.45, 2.75) is 0 Å². The summed E-state index contributed by atoms with van der Waals surface area (Å²) in [7, 11) is 0. The van der Waals surface area contributed by atoms with Gasteiger partial charge in [0.15, 0.2) is 0 Å². The van der Waals surface area contributed by atoms with Crippen molar-refractivity contribution < 1.29 is 9.53 Å². The van der Waals surface area contributed by atoms with Gasteiger partial charge >= 0.3 is 0 Å². The molecule has 0 heterocycles. The number of carbonyl (C=O) groups is 1. The van der Waals surface area contributed by atoms with Gasteiger partial charge < -0.3 is 4.74 Å². The van der Waals surface area contributed by atoms with E-state index in [-0.39, 0.29) is 0 Å². The second-order valence-corrected chi connectivity index (χ2v) is 2.81. The molecular weight excluding hydrogens is 188 g/mol. The molecule has 1 aromatic rings.